The van der Waals surface area contributed by atoms with Gasteiger partial charge in [-0.3, -0.25) is 9.59 Å². The second-order valence-electron chi connectivity index (χ2n) is 5.98. The second-order valence-corrected chi connectivity index (χ2v) is 6.84. The molecule has 0 aliphatic carbocycles. The number of aliphatic carboxylic acids is 1. The summed E-state index contributed by atoms with van der Waals surface area (Å²) in [7, 11) is 0. The fourth-order valence-corrected chi connectivity index (χ4v) is 3.50. The molecule has 2 heterocycles. The molecule has 0 bridgehead atoms. The van der Waals surface area contributed by atoms with Crippen molar-refractivity contribution < 1.29 is 23.5 Å². The van der Waals surface area contributed by atoms with Crippen LogP contribution in [0.2, 0.25) is 0 Å². The molecular weight excluding hydrogens is 338 g/mol. The van der Waals surface area contributed by atoms with Gasteiger partial charge in [-0.2, -0.15) is 0 Å². The lowest BCUT2D eigenvalue weighted by atomic mass is 9.90. The van der Waals surface area contributed by atoms with Crippen LogP contribution < -0.4 is 0 Å². The first kappa shape index (κ1) is 16.5. The summed E-state index contributed by atoms with van der Waals surface area (Å²) in [6, 6.07) is 3.50. The predicted octanol–water partition coefficient (Wildman–Crippen LogP) is 3.03. The van der Waals surface area contributed by atoms with Crippen LogP contribution in [0.15, 0.2) is 23.6 Å². The Bertz CT molecular complexity index is 803. The van der Waals surface area contributed by atoms with E-state index in [0.29, 0.717) is 13.0 Å². The summed E-state index contributed by atoms with van der Waals surface area (Å²) >= 11 is 0.969. The molecule has 0 saturated carbocycles. The van der Waals surface area contributed by atoms with Crippen molar-refractivity contribution in [3.05, 3.63) is 40.9 Å². The number of hydrogen-bond donors (Lipinski definition) is 1. The van der Waals surface area contributed by atoms with E-state index < -0.39 is 28.9 Å². The van der Waals surface area contributed by atoms with Gasteiger partial charge in [-0.1, -0.05) is 6.07 Å². The Kier molecular flexibility index (Phi) is 4.08. The number of thiazole rings is 1. The van der Waals surface area contributed by atoms with Crippen molar-refractivity contribution in [1.29, 1.82) is 0 Å². The summed E-state index contributed by atoms with van der Waals surface area (Å²) < 4.78 is 27.6. The molecule has 1 unspecified atom stereocenters. The van der Waals surface area contributed by atoms with E-state index in [9.17, 15) is 23.5 Å². The van der Waals surface area contributed by atoms with Crippen molar-refractivity contribution in [1.82, 2.24) is 9.88 Å². The molecule has 1 aliphatic heterocycles. The first-order chi connectivity index (χ1) is 11.3. The third kappa shape index (κ3) is 2.77. The van der Waals surface area contributed by atoms with Crippen LogP contribution in [-0.2, 0) is 4.79 Å². The Hall–Kier alpha value is -2.35. The normalized spacial score (nSPS) is 20.4. The monoisotopic (exact) mass is 352 g/mol. The van der Waals surface area contributed by atoms with Gasteiger partial charge in [0, 0.05) is 18.5 Å². The number of carboxylic acid groups (broad SMARTS) is 1. The number of rotatable bonds is 3. The largest absolute Gasteiger partial charge is 0.481 e. The first-order valence-corrected chi connectivity index (χ1v) is 8.12. The minimum Gasteiger partial charge on any atom is -0.481 e. The molecule has 1 fully saturated rings. The molecule has 24 heavy (non-hydrogen) atoms. The minimum atomic E-state index is -0.980. The number of hydrogen-bond acceptors (Lipinski definition) is 4. The number of carbonyl (C=O) groups excluding carboxylic acids is 1. The van der Waals surface area contributed by atoms with Crippen LogP contribution in [0.25, 0.3) is 10.6 Å². The summed E-state index contributed by atoms with van der Waals surface area (Å²) in [5, 5.41) is 10.7. The van der Waals surface area contributed by atoms with E-state index >= 15 is 0 Å². The highest BCUT2D eigenvalue weighted by Gasteiger charge is 2.42. The Balaban J connectivity index is 1.84. The highest BCUT2D eigenvalue weighted by Crippen LogP contribution is 2.33. The van der Waals surface area contributed by atoms with Gasteiger partial charge in [0.2, 0.25) is 0 Å². The van der Waals surface area contributed by atoms with Gasteiger partial charge >= 0.3 is 5.97 Å². The fraction of sp³-hybridized carbons (Fsp3) is 0.312. The van der Waals surface area contributed by atoms with Crippen LogP contribution in [0.5, 0.6) is 0 Å². The predicted molar refractivity (Wildman–Crippen MR) is 83.7 cm³/mol. The van der Waals surface area contributed by atoms with E-state index in [4.69, 9.17) is 0 Å². The van der Waals surface area contributed by atoms with Gasteiger partial charge in [0.25, 0.3) is 5.91 Å². The van der Waals surface area contributed by atoms with Gasteiger partial charge in [0.1, 0.15) is 22.3 Å². The van der Waals surface area contributed by atoms with Crippen LogP contribution in [-0.4, -0.2) is 40.0 Å². The Morgan fingerprint density at radius 3 is 2.58 bits per heavy atom. The number of aromatic nitrogens is 1. The SMILES string of the molecule is CC1(C(=O)O)CCN(C(=O)c2csc(-c3c(F)cccc3F)n2)C1. The van der Waals surface area contributed by atoms with E-state index in [0.717, 1.165) is 23.5 Å². The molecular formula is C16H14F2N2O3S. The summed E-state index contributed by atoms with van der Waals surface area (Å²) in [6.07, 6.45) is 0.354. The lowest BCUT2D eigenvalue weighted by molar-refractivity contribution is -0.147. The molecule has 1 aromatic carbocycles. The van der Waals surface area contributed by atoms with Gasteiger partial charge in [-0.05, 0) is 25.5 Å². The van der Waals surface area contributed by atoms with E-state index in [1.54, 1.807) is 6.92 Å². The topological polar surface area (TPSA) is 70.5 Å². The maximum Gasteiger partial charge on any atom is 0.311 e. The third-order valence-electron chi connectivity index (χ3n) is 4.18. The average Bonchev–Trinajstić information content (AvgIpc) is 3.14. The Morgan fingerprint density at radius 2 is 2.00 bits per heavy atom. The number of carboxylic acids is 1. The first-order valence-electron chi connectivity index (χ1n) is 7.24. The van der Waals surface area contributed by atoms with Crippen LogP contribution >= 0.6 is 11.3 Å². The molecule has 1 aliphatic rings. The number of halogens is 2. The number of carbonyl (C=O) groups is 2. The molecule has 0 spiro atoms. The summed E-state index contributed by atoms with van der Waals surface area (Å²) in [6.45, 7) is 1.98. The maximum atomic E-state index is 13.8. The van der Waals surface area contributed by atoms with Gasteiger partial charge in [-0.15, -0.1) is 11.3 Å². The van der Waals surface area contributed by atoms with Crippen molar-refractivity contribution in [3.63, 3.8) is 0 Å². The lowest BCUT2D eigenvalue weighted by Crippen LogP contribution is -2.35. The summed E-state index contributed by atoms with van der Waals surface area (Å²) in [5.41, 5.74) is -1.18. The Labute approximate surface area is 140 Å². The molecule has 2 aromatic rings. The van der Waals surface area contributed by atoms with Gasteiger partial charge in [0.15, 0.2) is 0 Å². The molecule has 1 atom stereocenters. The fourth-order valence-electron chi connectivity index (χ4n) is 2.66. The van der Waals surface area contributed by atoms with Crippen LogP contribution in [0, 0.1) is 17.0 Å². The maximum absolute atomic E-state index is 13.8. The molecule has 1 aromatic heterocycles. The molecule has 0 radical (unpaired) electrons. The second kappa shape index (κ2) is 5.94. The molecule has 1 N–H and O–H groups in total. The van der Waals surface area contributed by atoms with E-state index in [1.165, 1.54) is 16.3 Å². The molecule has 5 nitrogen and oxygen atoms in total. The van der Waals surface area contributed by atoms with Crippen molar-refractivity contribution in [2.45, 2.75) is 13.3 Å². The van der Waals surface area contributed by atoms with Crippen molar-refractivity contribution in [2.24, 2.45) is 5.41 Å². The molecule has 3 rings (SSSR count). The van der Waals surface area contributed by atoms with Crippen LogP contribution in [0.1, 0.15) is 23.8 Å². The van der Waals surface area contributed by atoms with Crippen LogP contribution in [0.3, 0.4) is 0 Å². The van der Waals surface area contributed by atoms with E-state index in [2.05, 4.69) is 4.98 Å². The van der Waals surface area contributed by atoms with Crippen LogP contribution in [0.4, 0.5) is 8.78 Å². The number of likely N-dealkylation sites (tertiary alicyclic amines) is 1. The molecule has 1 saturated heterocycles. The van der Waals surface area contributed by atoms with Crippen molar-refractivity contribution >= 4 is 23.2 Å². The van der Waals surface area contributed by atoms with Gasteiger partial charge < -0.3 is 10.0 Å². The zero-order valence-corrected chi connectivity index (χ0v) is 13.6. The van der Waals surface area contributed by atoms with E-state index in [-0.39, 0.29) is 22.8 Å². The molecule has 1 amide bonds. The highest BCUT2D eigenvalue weighted by atomic mass is 32.1. The average molecular weight is 352 g/mol. The summed E-state index contributed by atoms with van der Waals surface area (Å²) in [5.74, 6) is -2.88. The van der Waals surface area contributed by atoms with Crippen molar-refractivity contribution in [2.75, 3.05) is 13.1 Å². The zero-order valence-electron chi connectivity index (χ0n) is 12.8. The smallest absolute Gasteiger partial charge is 0.311 e. The zero-order chi connectivity index (χ0) is 17.5. The highest BCUT2D eigenvalue weighted by molar-refractivity contribution is 7.13. The van der Waals surface area contributed by atoms with Crippen molar-refractivity contribution in [3.8, 4) is 10.6 Å². The van der Waals surface area contributed by atoms with Gasteiger partial charge in [0.05, 0.1) is 11.0 Å². The molecule has 8 heteroatoms. The number of benzene rings is 1. The van der Waals surface area contributed by atoms with E-state index in [1.807, 2.05) is 0 Å². The summed E-state index contributed by atoms with van der Waals surface area (Å²) in [4.78, 5) is 29.2. The lowest BCUT2D eigenvalue weighted by Gasteiger charge is -2.19. The molecule has 126 valence electrons. The number of amides is 1. The minimum absolute atomic E-state index is 0.0623. The standard InChI is InChI=1S/C16H14F2N2O3S/c1-16(15(22)23)5-6-20(8-16)14(21)11-7-24-13(19-11)12-9(17)3-2-4-10(12)18/h2-4,7H,5-6,8H2,1H3,(H,22,23). The number of nitrogens with zero attached hydrogens (tertiary/aromatic N) is 2. The Morgan fingerprint density at radius 1 is 1.33 bits per heavy atom. The van der Waals surface area contributed by atoms with Gasteiger partial charge in [-0.25, -0.2) is 13.8 Å². The third-order valence-corrected chi connectivity index (χ3v) is 5.04. The quantitative estimate of drug-likeness (QED) is 0.922.